The molecule has 1 amide bonds. The molecule has 7 nitrogen and oxygen atoms in total. The number of piperidine rings is 1. The highest BCUT2D eigenvalue weighted by Crippen LogP contribution is 2.20. The molecule has 2 N–H and O–H groups in total. The highest BCUT2D eigenvalue weighted by molar-refractivity contribution is 7.89. The van der Waals surface area contributed by atoms with Gasteiger partial charge in [-0.2, -0.15) is 4.31 Å². The van der Waals surface area contributed by atoms with Crippen LogP contribution in [0.5, 0.6) is 0 Å². The quantitative estimate of drug-likeness (QED) is 0.782. The van der Waals surface area contributed by atoms with Crippen LogP contribution < -0.4 is 15.2 Å². The summed E-state index contributed by atoms with van der Waals surface area (Å²) in [7, 11) is -1.69. The zero-order valence-corrected chi connectivity index (χ0v) is 18.1. The first-order chi connectivity index (χ1) is 13.8. The number of carbonyl (C=O) groups is 1. The molecule has 1 aliphatic rings. The van der Waals surface area contributed by atoms with Gasteiger partial charge in [0.2, 0.25) is 10.0 Å². The molecule has 8 heteroatoms. The molecule has 1 saturated heterocycles. The molecule has 29 heavy (non-hydrogen) atoms. The van der Waals surface area contributed by atoms with Crippen molar-refractivity contribution in [2.75, 3.05) is 36.9 Å². The van der Waals surface area contributed by atoms with E-state index >= 15 is 0 Å². The van der Waals surface area contributed by atoms with Crippen molar-refractivity contribution in [1.29, 1.82) is 0 Å². The number of rotatable bonds is 6. The molecule has 3 rings (SSSR count). The van der Waals surface area contributed by atoms with Crippen LogP contribution in [-0.4, -0.2) is 45.3 Å². The van der Waals surface area contributed by atoms with Gasteiger partial charge in [-0.1, -0.05) is 18.6 Å². The van der Waals surface area contributed by atoms with Crippen molar-refractivity contribution < 1.29 is 18.2 Å². The van der Waals surface area contributed by atoms with Gasteiger partial charge in [-0.15, -0.1) is 0 Å². The lowest BCUT2D eigenvalue weighted by Gasteiger charge is -2.25. The summed E-state index contributed by atoms with van der Waals surface area (Å²) in [6, 6.07) is 9.21. The van der Waals surface area contributed by atoms with Crippen molar-refractivity contribution in [1.82, 2.24) is 4.31 Å². The van der Waals surface area contributed by atoms with Crippen LogP contribution in [0.4, 0.5) is 11.5 Å². The van der Waals surface area contributed by atoms with Crippen LogP contribution >= 0.6 is 0 Å². The first kappa shape index (κ1) is 21.3. The second kappa shape index (κ2) is 8.92. The molecule has 1 aliphatic heterocycles. The highest BCUT2D eigenvalue weighted by atomic mass is 32.2. The Balaban J connectivity index is 1.64. The Bertz CT molecular complexity index is 968. The summed E-state index contributed by atoms with van der Waals surface area (Å²) < 4.78 is 27.0. The van der Waals surface area contributed by atoms with Gasteiger partial charge in [-0.3, -0.25) is 9.69 Å². The van der Waals surface area contributed by atoms with Crippen molar-refractivity contribution in [2.24, 2.45) is 0 Å². The smallest absolute Gasteiger partial charge is 0.274 e. The molecule has 1 aromatic carbocycles. The molecule has 1 aromatic heterocycles. The fourth-order valence-corrected chi connectivity index (χ4v) is 4.90. The second-order valence-electron chi connectivity index (χ2n) is 7.60. The molecule has 0 saturated carbocycles. The number of aryl methyl sites for hydroxylation is 2. The van der Waals surface area contributed by atoms with E-state index in [0.29, 0.717) is 18.9 Å². The molecule has 1 fully saturated rings. The summed E-state index contributed by atoms with van der Waals surface area (Å²) in [5, 5.41) is 2.93. The number of H-pyrrole nitrogens is 1. The molecule has 0 unspecified atom stereocenters. The van der Waals surface area contributed by atoms with E-state index in [1.807, 2.05) is 32.0 Å². The number of carbonyl (C=O) groups excluding carboxylic acids is 1. The summed E-state index contributed by atoms with van der Waals surface area (Å²) in [4.78, 5) is 17.4. The molecule has 0 atom stereocenters. The third-order valence-corrected chi connectivity index (χ3v) is 7.07. The zero-order chi connectivity index (χ0) is 21.0. The van der Waals surface area contributed by atoms with E-state index in [-0.39, 0.29) is 17.3 Å². The first-order valence-electron chi connectivity index (χ1n) is 9.87. The summed E-state index contributed by atoms with van der Waals surface area (Å²) in [5.74, 6) is 0.526. The van der Waals surface area contributed by atoms with Crippen LogP contribution in [0.2, 0.25) is 0 Å². The van der Waals surface area contributed by atoms with Crippen molar-refractivity contribution in [3.05, 3.63) is 47.7 Å². The maximum absolute atomic E-state index is 12.7. The maximum Gasteiger partial charge on any atom is 0.274 e. The van der Waals surface area contributed by atoms with Crippen LogP contribution in [0.3, 0.4) is 0 Å². The van der Waals surface area contributed by atoms with Crippen LogP contribution in [0.1, 0.15) is 30.4 Å². The van der Waals surface area contributed by atoms with E-state index in [0.717, 1.165) is 36.1 Å². The number of nitrogens with zero attached hydrogens (tertiary/aromatic N) is 2. The lowest BCUT2D eigenvalue weighted by molar-refractivity contribution is -0.366. The fraction of sp³-hybridized carbons (Fsp3) is 0.429. The van der Waals surface area contributed by atoms with Gasteiger partial charge >= 0.3 is 0 Å². The average molecular weight is 418 g/mol. The molecule has 2 aromatic rings. The number of anilines is 2. The van der Waals surface area contributed by atoms with E-state index in [9.17, 15) is 13.2 Å². The van der Waals surface area contributed by atoms with E-state index in [2.05, 4.69) is 10.3 Å². The zero-order valence-electron chi connectivity index (χ0n) is 17.2. The summed E-state index contributed by atoms with van der Waals surface area (Å²) in [6.45, 7) is 5.22. The minimum Gasteiger partial charge on any atom is -0.322 e. The van der Waals surface area contributed by atoms with Gasteiger partial charge in [0.1, 0.15) is 11.1 Å². The van der Waals surface area contributed by atoms with Gasteiger partial charge in [-0.25, -0.2) is 13.4 Å². The lowest BCUT2D eigenvalue weighted by Crippen LogP contribution is -2.37. The molecule has 0 radical (unpaired) electrons. The highest BCUT2D eigenvalue weighted by Gasteiger charge is 2.27. The van der Waals surface area contributed by atoms with E-state index in [1.165, 1.54) is 6.20 Å². The monoisotopic (exact) mass is 417 g/mol. The molecule has 156 valence electrons. The topological polar surface area (TPSA) is 83.9 Å². The minimum atomic E-state index is -3.47. The largest absolute Gasteiger partial charge is 0.322 e. The number of aromatic amines is 1. The SMILES string of the molecule is Cc1ccc(C)c(NC(=O)CN(C)c2ccc(S(=O)(=O)N3CCCCC3)c[nH+]2)c1. The summed E-state index contributed by atoms with van der Waals surface area (Å²) in [5.41, 5.74) is 2.89. The molecule has 2 heterocycles. The number of sulfonamides is 1. The Morgan fingerprint density at radius 3 is 2.52 bits per heavy atom. The molecular weight excluding hydrogens is 388 g/mol. The Labute approximate surface area is 172 Å². The van der Waals surface area contributed by atoms with Crippen molar-refractivity contribution in [3.63, 3.8) is 0 Å². The van der Waals surface area contributed by atoms with Gasteiger partial charge in [0.15, 0.2) is 6.54 Å². The first-order valence-corrected chi connectivity index (χ1v) is 11.3. The summed E-state index contributed by atoms with van der Waals surface area (Å²) in [6.07, 6.45) is 4.38. The predicted octanol–water partition coefficient (Wildman–Crippen LogP) is 2.37. The minimum absolute atomic E-state index is 0.139. The van der Waals surface area contributed by atoms with Crippen molar-refractivity contribution in [3.8, 4) is 0 Å². The normalized spacial score (nSPS) is 15.1. The van der Waals surface area contributed by atoms with Crippen LogP contribution in [0, 0.1) is 13.8 Å². The maximum atomic E-state index is 12.7. The van der Waals surface area contributed by atoms with Gasteiger partial charge < -0.3 is 5.32 Å². The van der Waals surface area contributed by atoms with Gasteiger partial charge in [0.05, 0.1) is 7.05 Å². The number of pyridine rings is 1. The molecular formula is C21H29N4O3S+. The predicted molar refractivity (Wildman–Crippen MR) is 113 cm³/mol. The van der Waals surface area contributed by atoms with Crippen LogP contribution in [0.25, 0.3) is 0 Å². The number of likely N-dealkylation sites (N-methyl/N-ethyl adjacent to an activating group) is 1. The number of hydrogen-bond donors (Lipinski definition) is 1. The summed E-state index contributed by atoms with van der Waals surface area (Å²) >= 11 is 0. The third kappa shape index (κ3) is 5.13. The molecule has 0 spiro atoms. The number of hydrogen-bond acceptors (Lipinski definition) is 4. The van der Waals surface area contributed by atoms with Gasteiger partial charge in [0, 0.05) is 24.8 Å². The molecule has 0 aliphatic carbocycles. The third-order valence-electron chi connectivity index (χ3n) is 5.18. The lowest BCUT2D eigenvalue weighted by atomic mass is 10.1. The van der Waals surface area contributed by atoms with Crippen LogP contribution in [-0.2, 0) is 14.8 Å². The number of amides is 1. The molecule has 0 bridgehead atoms. The van der Waals surface area contributed by atoms with Gasteiger partial charge in [-0.05, 0) is 49.9 Å². The number of benzene rings is 1. The Morgan fingerprint density at radius 1 is 1.14 bits per heavy atom. The standard InChI is InChI=1S/C21H28N4O3S/c1-16-7-8-17(2)19(13-16)23-21(26)15-24(3)20-10-9-18(14-22-20)29(27,28)25-11-5-4-6-12-25/h7-10,13-14H,4-6,11-12,15H2,1-3H3,(H,23,26)/p+1. The van der Waals surface area contributed by atoms with Crippen molar-refractivity contribution >= 4 is 27.4 Å². The van der Waals surface area contributed by atoms with Crippen LogP contribution in [0.15, 0.2) is 41.4 Å². The average Bonchev–Trinajstić information content (AvgIpc) is 2.71. The Morgan fingerprint density at radius 2 is 1.86 bits per heavy atom. The Kier molecular flexibility index (Phi) is 6.54. The second-order valence-corrected chi connectivity index (χ2v) is 9.53. The van der Waals surface area contributed by atoms with Gasteiger partial charge in [0.25, 0.3) is 11.7 Å². The van der Waals surface area contributed by atoms with E-state index in [1.54, 1.807) is 28.4 Å². The fourth-order valence-electron chi connectivity index (χ4n) is 3.42. The Hall–Kier alpha value is -2.45. The van der Waals surface area contributed by atoms with E-state index < -0.39 is 10.0 Å². The van der Waals surface area contributed by atoms with E-state index in [4.69, 9.17) is 0 Å². The number of aromatic nitrogens is 1. The number of nitrogens with one attached hydrogen (secondary N) is 2. The van der Waals surface area contributed by atoms with Crippen molar-refractivity contribution in [2.45, 2.75) is 38.0 Å².